The van der Waals surface area contributed by atoms with Gasteiger partial charge in [0.2, 0.25) is 0 Å². The highest BCUT2D eigenvalue weighted by atomic mass is 32.1. The van der Waals surface area contributed by atoms with E-state index in [9.17, 15) is 0 Å². The van der Waals surface area contributed by atoms with Gasteiger partial charge in [0.05, 0.1) is 16.8 Å². The van der Waals surface area contributed by atoms with Gasteiger partial charge in [-0.25, -0.2) is 4.98 Å². The lowest BCUT2D eigenvalue weighted by atomic mass is 10.0. The summed E-state index contributed by atoms with van der Waals surface area (Å²) in [6.07, 6.45) is 1.04. The lowest BCUT2D eigenvalue weighted by Crippen LogP contribution is -2.31. The van der Waals surface area contributed by atoms with E-state index in [-0.39, 0.29) is 6.04 Å². The summed E-state index contributed by atoms with van der Waals surface area (Å²) in [4.78, 5) is 6.97. The summed E-state index contributed by atoms with van der Waals surface area (Å²) in [5.41, 5.74) is 7.19. The second-order valence-corrected chi connectivity index (χ2v) is 6.62. The van der Waals surface area contributed by atoms with Gasteiger partial charge in [0.15, 0.2) is 0 Å². The average Bonchev–Trinajstić information content (AvgIpc) is 2.77. The van der Waals surface area contributed by atoms with E-state index >= 15 is 0 Å². The smallest absolute Gasteiger partial charge is 0.108 e. The first-order valence-electron chi connectivity index (χ1n) is 6.85. The zero-order valence-electron chi connectivity index (χ0n) is 12.0. The van der Waals surface area contributed by atoms with E-state index in [1.165, 1.54) is 9.71 Å². The highest BCUT2D eigenvalue weighted by Gasteiger charge is 2.10. The molecule has 1 atom stereocenters. The van der Waals surface area contributed by atoms with Gasteiger partial charge in [-0.05, 0) is 38.1 Å². The van der Waals surface area contributed by atoms with Crippen molar-refractivity contribution in [2.45, 2.75) is 32.9 Å². The molecule has 1 aromatic carbocycles. The number of aromatic nitrogens is 1. The van der Waals surface area contributed by atoms with Crippen LogP contribution in [0.1, 0.15) is 25.3 Å². The SMILES string of the molecule is CC(C)C(N)CCN(C)Cc1nc2ccccc2s1. The maximum atomic E-state index is 6.08. The molecule has 0 fully saturated rings. The molecule has 4 heteroatoms. The maximum Gasteiger partial charge on any atom is 0.108 e. The molecule has 1 aromatic heterocycles. The minimum absolute atomic E-state index is 0.290. The summed E-state index contributed by atoms with van der Waals surface area (Å²) in [5, 5.41) is 1.18. The van der Waals surface area contributed by atoms with E-state index < -0.39 is 0 Å². The Morgan fingerprint density at radius 1 is 1.32 bits per heavy atom. The predicted molar refractivity (Wildman–Crippen MR) is 83.4 cm³/mol. The van der Waals surface area contributed by atoms with Crippen LogP contribution < -0.4 is 5.73 Å². The first-order valence-corrected chi connectivity index (χ1v) is 7.66. The highest BCUT2D eigenvalue weighted by molar-refractivity contribution is 7.18. The van der Waals surface area contributed by atoms with Crippen molar-refractivity contribution in [1.82, 2.24) is 9.88 Å². The number of nitrogens with two attached hydrogens (primary N) is 1. The number of fused-ring (bicyclic) bond motifs is 1. The van der Waals surface area contributed by atoms with Gasteiger partial charge in [-0.3, -0.25) is 4.90 Å². The van der Waals surface area contributed by atoms with Crippen LogP contribution in [0.25, 0.3) is 10.2 Å². The minimum atomic E-state index is 0.290. The van der Waals surface area contributed by atoms with E-state index in [1.807, 2.05) is 6.07 Å². The van der Waals surface area contributed by atoms with Gasteiger partial charge in [0.25, 0.3) is 0 Å². The second kappa shape index (κ2) is 6.46. The normalized spacial score (nSPS) is 13.6. The summed E-state index contributed by atoms with van der Waals surface area (Å²) in [6.45, 7) is 6.29. The van der Waals surface area contributed by atoms with Gasteiger partial charge >= 0.3 is 0 Å². The fourth-order valence-electron chi connectivity index (χ4n) is 2.00. The largest absolute Gasteiger partial charge is 0.327 e. The Kier molecular flexibility index (Phi) is 4.91. The van der Waals surface area contributed by atoms with Crippen LogP contribution in [0.3, 0.4) is 0 Å². The van der Waals surface area contributed by atoms with E-state index in [2.05, 4.69) is 49.0 Å². The molecule has 19 heavy (non-hydrogen) atoms. The fraction of sp³-hybridized carbons (Fsp3) is 0.533. The first kappa shape index (κ1) is 14.4. The molecule has 2 aromatic rings. The molecule has 104 valence electrons. The van der Waals surface area contributed by atoms with Gasteiger partial charge in [-0.15, -0.1) is 11.3 Å². The number of hydrogen-bond donors (Lipinski definition) is 1. The van der Waals surface area contributed by atoms with Crippen LogP contribution in [-0.2, 0) is 6.54 Å². The monoisotopic (exact) mass is 277 g/mol. The van der Waals surface area contributed by atoms with Crippen molar-refractivity contribution in [3.05, 3.63) is 29.3 Å². The van der Waals surface area contributed by atoms with Crippen LogP contribution in [-0.4, -0.2) is 29.5 Å². The van der Waals surface area contributed by atoms with Crippen LogP contribution in [0.5, 0.6) is 0 Å². The van der Waals surface area contributed by atoms with Gasteiger partial charge < -0.3 is 5.73 Å². The Bertz CT molecular complexity index is 488. The number of benzene rings is 1. The van der Waals surface area contributed by atoms with Crippen LogP contribution in [0.4, 0.5) is 0 Å². The van der Waals surface area contributed by atoms with E-state index in [0.717, 1.165) is 25.0 Å². The average molecular weight is 277 g/mol. The molecular formula is C15H23N3S. The Labute approximate surface area is 119 Å². The molecule has 0 saturated carbocycles. The lowest BCUT2D eigenvalue weighted by molar-refractivity contribution is 0.296. The Morgan fingerprint density at radius 3 is 2.74 bits per heavy atom. The summed E-state index contributed by atoms with van der Waals surface area (Å²) in [6, 6.07) is 8.60. The standard InChI is InChI=1S/C15H23N3S/c1-11(2)12(16)8-9-18(3)10-15-17-13-6-4-5-7-14(13)19-15/h4-7,11-12H,8-10,16H2,1-3H3. The quantitative estimate of drug-likeness (QED) is 0.882. The van der Waals surface area contributed by atoms with E-state index in [1.54, 1.807) is 11.3 Å². The van der Waals surface area contributed by atoms with E-state index in [0.29, 0.717) is 5.92 Å². The Morgan fingerprint density at radius 2 is 2.05 bits per heavy atom. The molecule has 1 unspecified atom stereocenters. The topological polar surface area (TPSA) is 42.1 Å². The number of nitrogens with zero attached hydrogens (tertiary/aromatic N) is 2. The Balaban J connectivity index is 1.89. The van der Waals surface area contributed by atoms with Crippen molar-refractivity contribution in [3.8, 4) is 0 Å². The second-order valence-electron chi connectivity index (χ2n) is 5.51. The maximum absolute atomic E-state index is 6.08. The molecule has 1 heterocycles. The third-order valence-corrected chi connectivity index (χ3v) is 4.46. The lowest BCUT2D eigenvalue weighted by Gasteiger charge is -2.20. The molecule has 0 aliphatic rings. The fourth-order valence-corrected chi connectivity index (χ4v) is 3.05. The summed E-state index contributed by atoms with van der Waals surface area (Å²) in [7, 11) is 2.14. The van der Waals surface area contributed by atoms with Crippen molar-refractivity contribution in [2.75, 3.05) is 13.6 Å². The summed E-state index contributed by atoms with van der Waals surface area (Å²) < 4.78 is 1.27. The molecule has 0 aliphatic carbocycles. The minimum Gasteiger partial charge on any atom is -0.327 e. The van der Waals surface area contributed by atoms with Crippen LogP contribution in [0, 0.1) is 5.92 Å². The van der Waals surface area contributed by atoms with Crippen LogP contribution >= 0.6 is 11.3 Å². The van der Waals surface area contributed by atoms with Gasteiger partial charge in [0.1, 0.15) is 5.01 Å². The van der Waals surface area contributed by atoms with Gasteiger partial charge in [0, 0.05) is 6.04 Å². The third-order valence-electron chi connectivity index (χ3n) is 3.44. The Hall–Kier alpha value is -0.970. The number of para-hydroxylation sites is 1. The van der Waals surface area contributed by atoms with Crippen molar-refractivity contribution in [1.29, 1.82) is 0 Å². The van der Waals surface area contributed by atoms with Crippen molar-refractivity contribution in [3.63, 3.8) is 0 Å². The number of thiazole rings is 1. The molecule has 0 radical (unpaired) electrons. The van der Waals surface area contributed by atoms with Gasteiger partial charge in [-0.2, -0.15) is 0 Å². The van der Waals surface area contributed by atoms with Crippen LogP contribution in [0.2, 0.25) is 0 Å². The van der Waals surface area contributed by atoms with Crippen LogP contribution in [0.15, 0.2) is 24.3 Å². The number of hydrogen-bond acceptors (Lipinski definition) is 4. The van der Waals surface area contributed by atoms with Crippen molar-refractivity contribution < 1.29 is 0 Å². The molecule has 2 rings (SSSR count). The molecule has 3 nitrogen and oxygen atoms in total. The van der Waals surface area contributed by atoms with Gasteiger partial charge in [-0.1, -0.05) is 26.0 Å². The highest BCUT2D eigenvalue weighted by Crippen LogP contribution is 2.22. The zero-order valence-corrected chi connectivity index (χ0v) is 12.8. The molecule has 2 N–H and O–H groups in total. The molecule has 0 aliphatic heterocycles. The first-order chi connectivity index (χ1) is 9.06. The van der Waals surface area contributed by atoms with Crippen molar-refractivity contribution >= 4 is 21.6 Å². The molecule has 0 spiro atoms. The third kappa shape index (κ3) is 4.00. The molecular weight excluding hydrogens is 254 g/mol. The number of rotatable bonds is 6. The summed E-state index contributed by atoms with van der Waals surface area (Å²) in [5.74, 6) is 0.552. The molecule has 0 amide bonds. The molecule has 0 saturated heterocycles. The molecule has 0 bridgehead atoms. The van der Waals surface area contributed by atoms with E-state index in [4.69, 9.17) is 5.73 Å². The zero-order chi connectivity index (χ0) is 13.8. The predicted octanol–water partition coefficient (Wildman–Crippen LogP) is 3.10. The van der Waals surface area contributed by atoms with Crippen molar-refractivity contribution in [2.24, 2.45) is 11.7 Å². The summed E-state index contributed by atoms with van der Waals surface area (Å²) >= 11 is 1.78.